The van der Waals surface area contributed by atoms with E-state index in [0.29, 0.717) is 29.6 Å². The molecule has 0 bridgehead atoms. The Balaban J connectivity index is 1.58. The minimum absolute atomic E-state index is 0.0915. The van der Waals surface area contributed by atoms with Gasteiger partial charge in [0.2, 0.25) is 0 Å². The van der Waals surface area contributed by atoms with Crippen LogP contribution in [0.3, 0.4) is 0 Å². The van der Waals surface area contributed by atoms with E-state index in [1.807, 2.05) is 24.3 Å². The first-order valence-electron chi connectivity index (χ1n) is 10.0. The van der Waals surface area contributed by atoms with Crippen LogP contribution in [0, 0.1) is 0 Å². The molecule has 3 aromatic rings. The van der Waals surface area contributed by atoms with Crippen LogP contribution in [0.2, 0.25) is 0 Å². The van der Waals surface area contributed by atoms with Gasteiger partial charge in [0.15, 0.2) is 18.3 Å². The van der Waals surface area contributed by atoms with Gasteiger partial charge >= 0.3 is 5.92 Å². The van der Waals surface area contributed by atoms with Gasteiger partial charge in [-0.05, 0) is 31.5 Å². The zero-order chi connectivity index (χ0) is 23.4. The molecular formula is C23H26F3N3O3. The van der Waals surface area contributed by atoms with Gasteiger partial charge in [-0.2, -0.15) is 13.9 Å². The van der Waals surface area contributed by atoms with Crippen LogP contribution >= 0.6 is 0 Å². The number of alkyl halides is 3. The first kappa shape index (κ1) is 23.7. The maximum absolute atomic E-state index is 13.4. The Bertz CT molecular complexity index is 1020. The van der Waals surface area contributed by atoms with Gasteiger partial charge in [-0.15, -0.1) is 0 Å². The fraction of sp³-hybridized carbons (Fsp3) is 0.391. The Morgan fingerprint density at radius 1 is 1.00 bits per heavy atom. The lowest BCUT2D eigenvalue weighted by molar-refractivity contribution is -0.0280. The molecule has 1 heterocycles. The fourth-order valence-electron chi connectivity index (χ4n) is 2.87. The SMILES string of the molecule is Cn1nc(-c2ccc(C(F)(F)CF)cc2)nc1COCc1ccc(OC(C)(C)CO)cc1. The smallest absolute Gasteiger partial charge is 0.301 e. The van der Waals surface area contributed by atoms with E-state index in [1.165, 1.54) is 24.3 Å². The Morgan fingerprint density at radius 3 is 2.25 bits per heavy atom. The number of nitrogens with zero attached hydrogens (tertiary/aromatic N) is 3. The third kappa shape index (κ3) is 5.86. The summed E-state index contributed by atoms with van der Waals surface area (Å²) in [5.74, 6) is -1.91. The van der Waals surface area contributed by atoms with Gasteiger partial charge in [0, 0.05) is 18.2 Å². The topological polar surface area (TPSA) is 69.4 Å². The first-order valence-corrected chi connectivity index (χ1v) is 10.0. The molecule has 6 nitrogen and oxygen atoms in total. The normalized spacial score (nSPS) is 12.2. The van der Waals surface area contributed by atoms with Crippen LogP contribution in [0.1, 0.15) is 30.8 Å². The number of aliphatic hydroxyl groups excluding tert-OH is 1. The van der Waals surface area contributed by atoms with E-state index in [-0.39, 0.29) is 18.8 Å². The summed E-state index contributed by atoms with van der Waals surface area (Å²) in [6.45, 7) is 2.31. The number of hydrogen-bond donors (Lipinski definition) is 1. The predicted molar refractivity (Wildman–Crippen MR) is 113 cm³/mol. The van der Waals surface area contributed by atoms with Crippen LogP contribution < -0.4 is 4.74 Å². The van der Waals surface area contributed by atoms with Crippen molar-refractivity contribution in [2.24, 2.45) is 7.05 Å². The molecule has 172 valence electrons. The summed E-state index contributed by atoms with van der Waals surface area (Å²) in [5.41, 5.74) is 0.437. The van der Waals surface area contributed by atoms with Crippen molar-refractivity contribution in [1.29, 1.82) is 0 Å². The molecule has 0 saturated carbocycles. The molecule has 0 unspecified atom stereocenters. The molecule has 3 rings (SSSR count). The van der Waals surface area contributed by atoms with Crippen molar-refractivity contribution in [3.63, 3.8) is 0 Å². The van der Waals surface area contributed by atoms with Crippen molar-refractivity contribution in [1.82, 2.24) is 14.8 Å². The molecule has 0 saturated heterocycles. The van der Waals surface area contributed by atoms with E-state index in [0.717, 1.165) is 5.56 Å². The monoisotopic (exact) mass is 449 g/mol. The largest absolute Gasteiger partial charge is 0.485 e. The van der Waals surface area contributed by atoms with Crippen LogP contribution in [-0.4, -0.2) is 38.8 Å². The van der Waals surface area contributed by atoms with E-state index in [1.54, 1.807) is 25.6 Å². The predicted octanol–water partition coefficient (Wildman–Crippen LogP) is 4.41. The van der Waals surface area contributed by atoms with E-state index in [9.17, 15) is 18.3 Å². The van der Waals surface area contributed by atoms with Gasteiger partial charge in [0.1, 0.15) is 18.0 Å². The maximum Gasteiger partial charge on any atom is 0.301 e. The summed E-state index contributed by atoms with van der Waals surface area (Å²) in [4.78, 5) is 4.41. The number of halogens is 3. The Morgan fingerprint density at radius 2 is 1.66 bits per heavy atom. The molecular weight excluding hydrogens is 423 g/mol. The van der Waals surface area contributed by atoms with Gasteiger partial charge in [-0.1, -0.05) is 36.4 Å². The van der Waals surface area contributed by atoms with Crippen molar-refractivity contribution in [2.75, 3.05) is 13.3 Å². The summed E-state index contributed by atoms with van der Waals surface area (Å²) in [5, 5.41) is 13.6. The molecule has 1 aromatic heterocycles. The van der Waals surface area contributed by atoms with Gasteiger partial charge in [-0.25, -0.2) is 9.37 Å². The Labute approximate surface area is 184 Å². The van der Waals surface area contributed by atoms with E-state index >= 15 is 0 Å². The van der Waals surface area contributed by atoms with E-state index in [2.05, 4.69) is 10.1 Å². The van der Waals surface area contributed by atoms with Gasteiger partial charge in [0.25, 0.3) is 0 Å². The van der Waals surface area contributed by atoms with Crippen molar-refractivity contribution in [2.45, 2.75) is 38.6 Å². The van der Waals surface area contributed by atoms with Crippen LogP contribution in [-0.2, 0) is 30.9 Å². The number of ether oxygens (including phenoxy) is 2. The number of aliphatic hydroxyl groups is 1. The Kier molecular flexibility index (Phi) is 7.20. The minimum Gasteiger partial charge on any atom is -0.485 e. The highest BCUT2D eigenvalue weighted by molar-refractivity contribution is 5.55. The number of aromatic nitrogens is 3. The molecule has 0 amide bonds. The lowest BCUT2D eigenvalue weighted by Crippen LogP contribution is -2.32. The third-order valence-electron chi connectivity index (χ3n) is 4.78. The summed E-state index contributed by atoms with van der Waals surface area (Å²) in [7, 11) is 1.72. The van der Waals surface area contributed by atoms with E-state index in [4.69, 9.17) is 9.47 Å². The number of benzene rings is 2. The van der Waals surface area contributed by atoms with Crippen molar-refractivity contribution >= 4 is 0 Å². The average Bonchev–Trinajstić information content (AvgIpc) is 3.15. The summed E-state index contributed by atoms with van der Waals surface area (Å²) >= 11 is 0. The lowest BCUT2D eigenvalue weighted by atomic mass is 10.1. The van der Waals surface area contributed by atoms with E-state index < -0.39 is 18.2 Å². The molecule has 0 spiro atoms. The molecule has 0 aliphatic carbocycles. The molecule has 32 heavy (non-hydrogen) atoms. The summed E-state index contributed by atoms with van der Waals surface area (Å²) in [6.07, 6.45) is 0. The van der Waals surface area contributed by atoms with Gasteiger partial charge in [-0.3, -0.25) is 4.68 Å². The highest BCUT2D eigenvalue weighted by atomic mass is 19.3. The van der Waals surface area contributed by atoms with Gasteiger partial charge < -0.3 is 14.6 Å². The minimum atomic E-state index is -3.51. The Hall–Kier alpha value is -2.91. The van der Waals surface area contributed by atoms with Crippen LogP contribution in [0.4, 0.5) is 13.2 Å². The second kappa shape index (κ2) is 9.70. The lowest BCUT2D eigenvalue weighted by Gasteiger charge is -2.23. The molecule has 0 atom stereocenters. The van der Waals surface area contributed by atoms with Gasteiger partial charge in [0.05, 0.1) is 13.2 Å². The van der Waals surface area contributed by atoms with Crippen molar-refractivity contribution < 1.29 is 27.8 Å². The fourth-order valence-corrected chi connectivity index (χ4v) is 2.87. The number of aryl methyl sites for hydroxylation is 1. The zero-order valence-electron chi connectivity index (χ0n) is 18.2. The molecule has 0 aliphatic rings. The second-order valence-corrected chi connectivity index (χ2v) is 8.05. The third-order valence-corrected chi connectivity index (χ3v) is 4.78. The second-order valence-electron chi connectivity index (χ2n) is 8.05. The van der Waals surface area contributed by atoms with Crippen molar-refractivity contribution in [3.05, 3.63) is 65.5 Å². The van der Waals surface area contributed by atoms with Crippen LogP contribution in [0.25, 0.3) is 11.4 Å². The van der Waals surface area contributed by atoms with Crippen LogP contribution in [0.5, 0.6) is 5.75 Å². The number of hydrogen-bond acceptors (Lipinski definition) is 5. The highest BCUT2D eigenvalue weighted by Crippen LogP contribution is 2.29. The summed E-state index contributed by atoms with van der Waals surface area (Å²) in [6, 6.07) is 12.6. The molecule has 0 fully saturated rings. The first-order chi connectivity index (χ1) is 15.1. The molecule has 0 radical (unpaired) electrons. The average molecular weight is 449 g/mol. The highest BCUT2D eigenvalue weighted by Gasteiger charge is 2.31. The molecule has 0 aliphatic heterocycles. The molecule has 1 N–H and O–H groups in total. The van der Waals surface area contributed by atoms with Crippen LogP contribution in [0.15, 0.2) is 48.5 Å². The maximum atomic E-state index is 13.4. The standard InChI is InChI=1S/C23H26F3N3O3/c1-22(2,15-30)32-19-10-4-16(5-11-19)12-31-13-20-27-21(28-29(20)3)17-6-8-18(9-7-17)23(25,26)14-24/h4-11,30H,12-15H2,1-3H3. The quantitative estimate of drug-likeness (QED) is 0.497. The molecule has 9 heteroatoms. The number of rotatable bonds is 10. The van der Waals surface area contributed by atoms with Crippen molar-refractivity contribution in [3.8, 4) is 17.1 Å². The zero-order valence-corrected chi connectivity index (χ0v) is 18.2. The summed E-state index contributed by atoms with van der Waals surface area (Å²) < 4.78 is 52.3. The molecule has 2 aromatic carbocycles.